The Hall–Kier alpha value is -4.65. The number of aliphatic hydroxyl groups is 1. The number of pyridine rings is 1. The molecule has 7 heteroatoms. The van der Waals surface area contributed by atoms with Gasteiger partial charge in [0.2, 0.25) is 0 Å². The van der Waals surface area contributed by atoms with Crippen molar-refractivity contribution in [2.24, 2.45) is 0 Å². The van der Waals surface area contributed by atoms with Crippen molar-refractivity contribution >= 4 is 28.2 Å². The lowest BCUT2D eigenvalue weighted by molar-refractivity contribution is -0.140. The Labute approximate surface area is 221 Å². The van der Waals surface area contributed by atoms with Gasteiger partial charge in [-0.15, -0.1) is 0 Å². The van der Waals surface area contributed by atoms with Crippen LogP contribution in [0, 0.1) is 0 Å². The smallest absolute Gasteiger partial charge is 0.295 e. The summed E-state index contributed by atoms with van der Waals surface area (Å²) in [5.74, 6) is -0.270. The van der Waals surface area contributed by atoms with Gasteiger partial charge in [0.15, 0.2) is 0 Å². The second kappa shape index (κ2) is 10.8. The zero-order valence-corrected chi connectivity index (χ0v) is 21.3. The third-order valence-electron chi connectivity index (χ3n) is 6.58. The van der Waals surface area contributed by atoms with Gasteiger partial charge in [0.1, 0.15) is 17.3 Å². The molecule has 3 aromatic carbocycles. The van der Waals surface area contributed by atoms with Gasteiger partial charge in [0, 0.05) is 24.5 Å². The molecule has 1 N–H and O–H groups in total. The number of likely N-dealkylation sites (tertiary alicyclic amines) is 1. The topological polar surface area (TPSA) is 89.0 Å². The number of methoxy groups -OCH3 is 1. The van der Waals surface area contributed by atoms with Crippen LogP contribution in [0.2, 0.25) is 0 Å². The zero-order chi connectivity index (χ0) is 26.6. The Bertz CT molecular complexity index is 1530. The minimum Gasteiger partial charge on any atom is -0.507 e. The number of amides is 1. The van der Waals surface area contributed by atoms with E-state index in [0.29, 0.717) is 23.5 Å². The molecule has 0 bridgehead atoms. The highest BCUT2D eigenvalue weighted by Gasteiger charge is 2.46. The second-order valence-electron chi connectivity index (χ2n) is 9.14. The van der Waals surface area contributed by atoms with Crippen LogP contribution in [0.15, 0.2) is 90.8 Å². The van der Waals surface area contributed by atoms with E-state index in [1.54, 1.807) is 37.7 Å². The van der Waals surface area contributed by atoms with Crippen molar-refractivity contribution in [1.82, 2.24) is 9.88 Å². The van der Waals surface area contributed by atoms with Crippen LogP contribution >= 0.6 is 0 Å². The molecule has 0 radical (unpaired) electrons. The van der Waals surface area contributed by atoms with Gasteiger partial charge in [-0.2, -0.15) is 0 Å². The Morgan fingerprint density at radius 1 is 0.974 bits per heavy atom. The van der Waals surface area contributed by atoms with Crippen molar-refractivity contribution in [3.63, 3.8) is 0 Å². The molecule has 192 valence electrons. The first kappa shape index (κ1) is 25.0. The molecule has 0 saturated carbocycles. The minimum atomic E-state index is -0.799. The third-order valence-corrected chi connectivity index (χ3v) is 6.58. The van der Waals surface area contributed by atoms with Gasteiger partial charge in [0.25, 0.3) is 11.7 Å². The number of benzene rings is 3. The molecule has 1 amide bonds. The molecule has 5 rings (SSSR count). The highest BCUT2D eigenvalue weighted by atomic mass is 16.5. The lowest BCUT2D eigenvalue weighted by Crippen LogP contribution is -2.29. The lowest BCUT2D eigenvalue weighted by atomic mass is 9.94. The van der Waals surface area contributed by atoms with Crippen LogP contribution < -0.4 is 9.47 Å². The number of carbonyl (C=O) groups is 2. The van der Waals surface area contributed by atoms with Crippen molar-refractivity contribution in [2.45, 2.75) is 25.9 Å². The summed E-state index contributed by atoms with van der Waals surface area (Å²) in [4.78, 5) is 32.4. The molecule has 7 nitrogen and oxygen atoms in total. The molecule has 0 aliphatic carbocycles. The fourth-order valence-electron chi connectivity index (χ4n) is 4.73. The van der Waals surface area contributed by atoms with Crippen LogP contribution in [0.4, 0.5) is 0 Å². The second-order valence-corrected chi connectivity index (χ2v) is 9.14. The van der Waals surface area contributed by atoms with Crippen molar-refractivity contribution in [1.29, 1.82) is 0 Å². The number of aromatic nitrogens is 1. The normalized spacial score (nSPS) is 16.7. The Kier molecular flexibility index (Phi) is 7.09. The van der Waals surface area contributed by atoms with Gasteiger partial charge in [0.05, 0.1) is 25.3 Å². The van der Waals surface area contributed by atoms with Crippen LogP contribution in [0.1, 0.15) is 36.1 Å². The summed E-state index contributed by atoms with van der Waals surface area (Å²) < 4.78 is 11.1. The van der Waals surface area contributed by atoms with E-state index in [1.165, 1.54) is 4.90 Å². The lowest BCUT2D eigenvalue weighted by Gasteiger charge is -2.25. The first-order valence-corrected chi connectivity index (χ1v) is 12.5. The minimum absolute atomic E-state index is 0.0411. The predicted molar refractivity (Wildman–Crippen MR) is 145 cm³/mol. The number of nitrogens with zero attached hydrogens (tertiary/aromatic N) is 2. The van der Waals surface area contributed by atoms with Crippen molar-refractivity contribution in [2.75, 3.05) is 13.7 Å². The summed E-state index contributed by atoms with van der Waals surface area (Å²) in [5, 5.41) is 13.3. The van der Waals surface area contributed by atoms with E-state index in [0.717, 1.165) is 28.5 Å². The van der Waals surface area contributed by atoms with Crippen LogP contribution in [0.5, 0.6) is 11.5 Å². The molecule has 1 aliphatic rings. The molecule has 4 aromatic rings. The summed E-state index contributed by atoms with van der Waals surface area (Å²) in [6.45, 7) is 2.73. The monoisotopic (exact) mass is 508 g/mol. The van der Waals surface area contributed by atoms with Crippen LogP contribution in [-0.2, 0) is 16.1 Å². The average molecular weight is 509 g/mol. The van der Waals surface area contributed by atoms with Gasteiger partial charge in [-0.3, -0.25) is 14.6 Å². The first-order valence-electron chi connectivity index (χ1n) is 12.5. The molecule has 1 atom stereocenters. The number of Topliss-reactive ketones (excluding diaryl/α,β-unsaturated/α-hetero) is 1. The van der Waals surface area contributed by atoms with E-state index < -0.39 is 17.7 Å². The molecule has 2 heterocycles. The highest BCUT2D eigenvalue weighted by Crippen LogP contribution is 2.41. The van der Waals surface area contributed by atoms with Gasteiger partial charge < -0.3 is 19.5 Å². The number of ether oxygens (including phenoxy) is 2. The highest BCUT2D eigenvalue weighted by molar-refractivity contribution is 6.46. The maximum atomic E-state index is 13.4. The van der Waals surface area contributed by atoms with E-state index >= 15 is 0 Å². The standard InChI is InChI=1S/C31H28N2O5/c1-3-14-38-26-8-4-7-23(17-26)28-27(30(35)31(36)33(28)19-20-6-5-13-32-18-20)29(34)24-10-9-22-16-25(37-2)12-11-21(22)15-24/h4-13,15-18,28,34H,3,14,19H2,1-2H3/b29-27+. The van der Waals surface area contributed by atoms with Crippen LogP contribution in [-0.4, -0.2) is 40.4 Å². The molecule has 1 aromatic heterocycles. The third kappa shape index (κ3) is 4.83. The SMILES string of the molecule is CCCOc1cccc(C2/C(=C(\O)c3ccc4cc(OC)ccc4c3)C(=O)C(=O)N2Cc2cccnc2)c1. The van der Waals surface area contributed by atoms with Crippen molar-refractivity contribution in [3.05, 3.63) is 107 Å². The predicted octanol–water partition coefficient (Wildman–Crippen LogP) is 5.65. The average Bonchev–Trinajstić information content (AvgIpc) is 3.20. The number of hydrogen-bond acceptors (Lipinski definition) is 6. The number of rotatable bonds is 8. The summed E-state index contributed by atoms with van der Waals surface area (Å²) in [6, 6.07) is 21.2. The molecule has 1 unspecified atom stereocenters. The number of fused-ring (bicyclic) bond motifs is 1. The molecule has 1 saturated heterocycles. The summed E-state index contributed by atoms with van der Waals surface area (Å²) >= 11 is 0. The van der Waals surface area contributed by atoms with E-state index in [1.807, 2.05) is 61.5 Å². The van der Waals surface area contributed by atoms with E-state index in [4.69, 9.17) is 9.47 Å². The fraction of sp³-hybridized carbons (Fsp3) is 0.194. The maximum absolute atomic E-state index is 13.4. The quantitative estimate of drug-likeness (QED) is 0.188. The van der Waals surface area contributed by atoms with Crippen LogP contribution in [0.3, 0.4) is 0 Å². The Balaban J connectivity index is 1.63. The number of aliphatic hydroxyl groups excluding tert-OH is 1. The number of hydrogen-bond donors (Lipinski definition) is 1. The summed E-state index contributed by atoms with van der Waals surface area (Å²) in [6.07, 6.45) is 4.16. The van der Waals surface area contributed by atoms with Crippen molar-refractivity contribution in [3.8, 4) is 11.5 Å². The largest absolute Gasteiger partial charge is 0.507 e. The first-order chi connectivity index (χ1) is 18.5. The fourth-order valence-corrected chi connectivity index (χ4v) is 4.73. The number of ketones is 1. The van der Waals surface area contributed by atoms with Gasteiger partial charge >= 0.3 is 0 Å². The maximum Gasteiger partial charge on any atom is 0.295 e. The summed E-state index contributed by atoms with van der Waals surface area (Å²) in [7, 11) is 1.61. The Morgan fingerprint density at radius 3 is 2.55 bits per heavy atom. The molecule has 1 fully saturated rings. The number of carbonyl (C=O) groups excluding carboxylic acids is 2. The van der Waals surface area contributed by atoms with Gasteiger partial charge in [-0.25, -0.2) is 0 Å². The van der Waals surface area contributed by atoms with E-state index in [9.17, 15) is 14.7 Å². The molecule has 0 spiro atoms. The van der Waals surface area contributed by atoms with E-state index in [2.05, 4.69) is 4.98 Å². The zero-order valence-electron chi connectivity index (χ0n) is 21.3. The molecule has 38 heavy (non-hydrogen) atoms. The molecular weight excluding hydrogens is 480 g/mol. The molecule has 1 aliphatic heterocycles. The van der Waals surface area contributed by atoms with Gasteiger partial charge in [-0.1, -0.05) is 43.3 Å². The Morgan fingerprint density at radius 2 is 1.79 bits per heavy atom. The molecular formula is C31H28N2O5. The van der Waals surface area contributed by atoms with E-state index in [-0.39, 0.29) is 17.9 Å². The van der Waals surface area contributed by atoms with Gasteiger partial charge in [-0.05, 0) is 64.7 Å². The summed E-state index contributed by atoms with van der Waals surface area (Å²) in [5.41, 5.74) is 1.94. The van der Waals surface area contributed by atoms with Crippen molar-refractivity contribution < 1.29 is 24.2 Å². The van der Waals surface area contributed by atoms with Crippen LogP contribution in [0.25, 0.3) is 16.5 Å².